The van der Waals surface area contributed by atoms with Crippen LogP contribution in [0, 0.1) is 10.1 Å². The topological polar surface area (TPSA) is 97.5 Å². The molecule has 2 aromatic carbocycles. The van der Waals surface area contributed by atoms with Gasteiger partial charge in [0.2, 0.25) is 6.54 Å². The summed E-state index contributed by atoms with van der Waals surface area (Å²) in [7, 11) is -4.39. The van der Waals surface area contributed by atoms with E-state index < -0.39 is 15.0 Å². The highest BCUT2D eigenvalue weighted by Gasteiger charge is 2.22. The van der Waals surface area contributed by atoms with Gasteiger partial charge in [0.15, 0.2) is 0 Å². The fourth-order valence-corrected chi connectivity index (χ4v) is 3.67. The van der Waals surface area contributed by atoms with Gasteiger partial charge in [0, 0.05) is 10.5 Å². The number of rotatable bonds is 8. The van der Waals surface area contributed by atoms with E-state index in [4.69, 9.17) is 0 Å². The van der Waals surface area contributed by atoms with Gasteiger partial charge in [0.1, 0.15) is 0 Å². The van der Waals surface area contributed by atoms with Crippen molar-refractivity contribution in [3.63, 3.8) is 0 Å². The van der Waals surface area contributed by atoms with Crippen molar-refractivity contribution in [1.82, 2.24) is 0 Å². The molecule has 134 valence electrons. The Kier molecular flexibility index (Phi) is 6.27. The summed E-state index contributed by atoms with van der Waals surface area (Å²) >= 11 is 0. The second-order valence-electron chi connectivity index (χ2n) is 5.91. The van der Waals surface area contributed by atoms with E-state index in [1.807, 2.05) is 37.3 Å². The van der Waals surface area contributed by atoms with Crippen molar-refractivity contribution in [2.24, 2.45) is 0 Å². The van der Waals surface area contributed by atoms with Crippen molar-refractivity contribution in [2.75, 3.05) is 0 Å². The van der Waals surface area contributed by atoms with Crippen LogP contribution in [0.3, 0.4) is 0 Å². The van der Waals surface area contributed by atoms with Crippen molar-refractivity contribution in [2.45, 2.75) is 44.0 Å². The Hall–Kier alpha value is -2.25. The molecule has 2 aromatic rings. The van der Waals surface area contributed by atoms with Crippen LogP contribution in [0.25, 0.3) is 0 Å². The van der Waals surface area contributed by atoms with Gasteiger partial charge in [-0.1, -0.05) is 49.7 Å². The van der Waals surface area contributed by atoms with Crippen molar-refractivity contribution >= 4 is 10.1 Å². The summed E-state index contributed by atoms with van der Waals surface area (Å²) in [5.74, 6) is 0. The number of nitrogens with zero attached hydrogens (tertiary/aromatic N) is 1. The standard InChI is InChI=1S/C18H21NO5S/c1-2-3-9-16-17(12-14-7-5-4-6-8-14)15(13-19(20)21)10-11-18(16)25(22,23)24/h4-8,10-11H,2-3,9,12-13H2,1H3,(H,22,23,24). The van der Waals surface area contributed by atoms with Gasteiger partial charge in [-0.25, -0.2) is 0 Å². The highest BCUT2D eigenvalue weighted by Crippen LogP contribution is 2.28. The minimum atomic E-state index is -4.39. The average molecular weight is 363 g/mol. The van der Waals surface area contributed by atoms with E-state index in [0.717, 1.165) is 18.4 Å². The van der Waals surface area contributed by atoms with Crippen molar-refractivity contribution in [3.05, 3.63) is 74.8 Å². The molecule has 0 fully saturated rings. The van der Waals surface area contributed by atoms with Crippen molar-refractivity contribution in [3.8, 4) is 0 Å². The third kappa shape index (κ3) is 5.11. The zero-order valence-electron chi connectivity index (χ0n) is 14.0. The predicted octanol–water partition coefficient (Wildman–Crippen LogP) is 3.64. The molecule has 0 bridgehead atoms. The minimum Gasteiger partial charge on any atom is -0.282 e. The lowest BCUT2D eigenvalue weighted by atomic mass is 9.92. The number of nitro groups is 1. The molecule has 0 aliphatic rings. The van der Waals surface area contributed by atoms with Gasteiger partial charge < -0.3 is 0 Å². The van der Waals surface area contributed by atoms with Gasteiger partial charge >= 0.3 is 0 Å². The van der Waals surface area contributed by atoms with E-state index in [1.165, 1.54) is 12.1 Å². The van der Waals surface area contributed by atoms with E-state index in [2.05, 4.69) is 0 Å². The third-order valence-corrected chi connectivity index (χ3v) is 5.00. The Balaban J connectivity index is 2.64. The predicted molar refractivity (Wildman–Crippen MR) is 94.8 cm³/mol. The van der Waals surface area contributed by atoms with Crippen molar-refractivity contribution in [1.29, 1.82) is 0 Å². The smallest absolute Gasteiger partial charge is 0.282 e. The summed E-state index contributed by atoms with van der Waals surface area (Å²) in [4.78, 5) is 10.4. The molecule has 0 radical (unpaired) electrons. The molecule has 0 spiro atoms. The lowest BCUT2D eigenvalue weighted by Gasteiger charge is -2.16. The van der Waals surface area contributed by atoms with Gasteiger partial charge in [0.05, 0.1) is 4.90 Å². The van der Waals surface area contributed by atoms with Crippen LogP contribution >= 0.6 is 0 Å². The molecular formula is C18H21NO5S. The van der Waals surface area contributed by atoms with Crippen LogP contribution in [0.1, 0.15) is 42.0 Å². The van der Waals surface area contributed by atoms with Gasteiger partial charge in [-0.05, 0) is 42.0 Å². The molecule has 0 aromatic heterocycles. The van der Waals surface area contributed by atoms with Gasteiger partial charge in [-0.3, -0.25) is 14.7 Å². The molecule has 2 rings (SSSR count). The molecule has 0 aliphatic carbocycles. The molecule has 0 unspecified atom stereocenters. The third-order valence-electron chi connectivity index (χ3n) is 4.07. The molecule has 0 atom stereocenters. The van der Waals surface area contributed by atoms with Crippen LogP contribution in [-0.2, 0) is 29.5 Å². The molecule has 0 saturated heterocycles. The Morgan fingerprint density at radius 3 is 2.32 bits per heavy atom. The van der Waals surface area contributed by atoms with E-state index >= 15 is 0 Å². The highest BCUT2D eigenvalue weighted by molar-refractivity contribution is 7.85. The Morgan fingerprint density at radius 2 is 1.76 bits per heavy atom. The summed E-state index contributed by atoms with van der Waals surface area (Å²) in [6.45, 7) is 1.60. The highest BCUT2D eigenvalue weighted by atomic mass is 32.2. The van der Waals surface area contributed by atoms with E-state index in [9.17, 15) is 23.1 Å². The summed E-state index contributed by atoms with van der Waals surface area (Å²) in [5.41, 5.74) is 2.50. The van der Waals surface area contributed by atoms with Gasteiger partial charge in [0.25, 0.3) is 10.1 Å². The molecule has 1 N–H and O–H groups in total. The first-order chi connectivity index (χ1) is 11.8. The normalized spacial score (nSPS) is 11.4. The second kappa shape index (κ2) is 8.22. The Morgan fingerprint density at radius 1 is 1.08 bits per heavy atom. The first-order valence-electron chi connectivity index (χ1n) is 8.09. The molecule has 0 heterocycles. The fourth-order valence-electron chi connectivity index (χ4n) is 2.90. The lowest BCUT2D eigenvalue weighted by molar-refractivity contribution is -0.496. The minimum absolute atomic E-state index is 0.154. The maximum absolute atomic E-state index is 11.8. The molecule has 25 heavy (non-hydrogen) atoms. The molecular weight excluding hydrogens is 342 g/mol. The maximum Gasteiger partial charge on any atom is 0.294 e. The largest absolute Gasteiger partial charge is 0.294 e. The molecule has 0 aliphatic heterocycles. The maximum atomic E-state index is 11.8. The van der Waals surface area contributed by atoms with Gasteiger partial charge in [-0.15, -0.1) is 0 Å². The molecule has 6 nitrogen and oxygen atoms in total. The first kappa shape index (κ1) is 19.1. The monoisotopic (exact) mass is 363 g/mol. The lowest BCUT2D eigenvalue weighted by Crippen LogP contribution is -2.12. The summed E-state index contributed by atoms with van der Waals surface area (Å²) in [6.07, 6.45) is 2.40. The van der Waals surface area contributed by atoms with Crippen LogP contribution < -0.4 is 0 Å². The SMILES string of the molecule is CCCCc1c(S(=O)(=O)O)ccc(C[N+](=O)[O-])c1Cc1ccccc1. The van der Waals surface area contributed by atoms with Crippen molar-refractivity contribution < 1.29 is 17.9 Å². The Bertz CT molecular complexity index is 847. The van der Waals surface area contributed by atoms with Gasteiger partial charge in [-0.2, -0.15) is 8.42 Å². The van der Waals surface area contributed by atoms with E-state index in [-0.39, 0.29) is 11.4 Å². The van der Waals surface area contributed by atoms with Crippen LogP contribution in [0.2, 0.25) is 0 Å². The van der Waals surface area contributed by atoms with E-state index in [1.54, 1.807) is 0 Å². The molecule has 0 saturated carbocycles. The first-order valence-corrected chi connectivity index (χ1v) is 9.53. The quantitative estimate of drug-likeness (QED) is 0.439. The summed E-state index contributed by atoms with van der Waals surface area (Å²) in [6, 6.07) is 12.1. The molecule has 0 amide bonds. The Labute approximate surface area is 147 Å². The van der Waals surface area contributed by atoms with Crippen LogP contribution in [0.15, 0.2) is 47.4 Å². The number of hydrogen-bond acceptors (Lipinski definition) is 4. The van der Waals surface area contributed by atoms with Crippen LogP contribution in [0.5, 0.6) is 0 Å². The summed E-state index contributed by atoms with van der Waals surface area (Å²) in [5, 5.41) is 11.0. The summed E-state index contributed by atoms with van der Waals surface area (Å²) < 4.78 is 33.1. The molecule has 7 heteroatoms. The average Bonchev–Trinajstić information content (AvgIpc) is 2.54. The fraction of sp³-hybridized carbons (Fsp3) is 0.333. The zero-order chi connectivity index (χ0) is 18.4. The van der Waals surface area contributed by atoms with Crippen LogP contribution in [-0.4, -0.2) is 17.9 Å². The van der Waals surface area contributed by atoms with Crippen LogP contribution in [0.4, 0.5) is 0 Å². The number of benzene rings is 2. The number of unbranched alkanes of at least 4 members (excludes halogenated alkanes) is 1. The second-order valence-corrected chi connectivity index (χ2v) is 7.30. The zero-order valence-corrected chi connectivity index (χ0v) is 14.8. The number of hydrogen-bond donors (Lipinski definition) is 1. The van der Waals surface area contributed by atoms with E-state index in [0.29, 0.717) is 29.5 Å².